The standard InChI is InChI=1S/C23H36N2OS2/c1-10-27-23(28-11-2)19-12-13(3)18(8)25(19)22(26)20-16(6)14(4)15(5)17(7)21(20)24-9/h19,23-24H,10-12H2,1-9H3/t19-/m0/s1/i5D. The zero-order valence-electron chi connectivity index (χ0n) is 19.7. The third kappa shape index (κ3) is 4.11. The molecule has 156 valence electrons. The fourth-order valence-corrected chi connectivity index (χ4v) is 6.79. The molecule has 1 aromatic rings. The summed E-state index contributed by atoms with van der Waals surface area (Å²) in [7, 11) is 1.87. The van der Waals surface area contributed by atoms with Crippen LogP contribution in [0.25, 0.3) is 0 Å². The number of allylic oxidation sites excluding steroid dienone is 1. The fourth-order valence-electron chi connectivity index (χ4n) is 4.05. The molecule has 0 unspecified atom stereocenters. The Morgan fingerprint density at radius 2 is 1.71 bits per heavy atom. The Kier molecular flexibility index (Phi) is 7.43. The molecule has 1 atom stereocenters. The second-order valence-corrected chi connectivity index (χ2v) is 10.6. The van der Waals surface area contributed by atoms with Crippen molar-refractivity contribution in [1.29, 1.82) is 0 Å². The van der Waals surface area contributed by atoms with Crippen molar-refractivity contribution >= 4 is 35.1 Å². The Balaban J connectivity index is 2.61. The summed E-state index contributed by atoms with van der Waals surface area (Å²) in [5.74, 6) is 2.18. The molecule has 1 aliphatic heterocycles. The van der Waals surface area contributed by atoms with Crippen LogP contribution in [-0.4, -0.2) is 40.0 Å². The van der Waals surface area contributed by atoms with Crippen molar-refractivity contribution in [2.45, 2.75) is 72.4 Å². The SMILES string of the molecule is [2H]Cc1c(C)c(C)c(C(=O)N2C(C)=C(C)C[C@H]2C(SCC)SCC)c(NC)c1C. The van der Waals surface area contributed by atoms with Crippen molar-refractivity contribution in [3.63, 3.8) is 0 Å². The molecule has 2 rings (SSSR count). The summed E-state index contributed by atoms with van der Waals surface area (Å²) in [4.78, 5) is 16.1. The molecule has 1 aliphatic rings. The summed E-state index contributed by atoms with van der Waals surface area (Å²) in [6, 6.07) is 0.179. The predicted molar refractivity (Wildman–Crippen MR) is 128 cm³/mol. The largest absolute Gasteiger partial charge is 0.387 e. The van der Waals surface area contributed by atoms with E-state index in [1.54, 1.807) is 0 Å². The van der Waals surface area contributed by atoms with Crippen LogP contribution in [0.5, 0.6) is 0 Å². The Hall–Kier alpha value is -1.07. The number of nitrogens with one attached hydrogen (secondary N) is 1. The number of benzene rings is 1. The third-order valence-electron chi connectivity index (χ3n) is 5.95. The second-order valence-electron chi connectivity index (χ2n) is 7.44. The lowest BCUT2D eigenvalue weighted by Gasteiger charge is -2.33. The highest BCUT2D eigenvalue weighted by Gasteiger charge is 2.39. The molecule has 0 aliphatic carbocycles. The van der Waals surface area contributed by atoms with Crippen molar-refractivity contribution in [3.8, 4) is 0 Å². The van der Waals surface area contributed by atoms with Crippen LogP contribution in [0, 0.1) is 27.7 Å². The van der Waals surface area contributed by atoms with Crippen LogP contribution in [0.2, 0.25) is 0 Å². The van der Waals surface area contributed by atoms with Crippen LogP contribution in [0.3, 0.4) is 0 Å². The van der Waals surface area contributed by atoms with Crippen molar-refractivity contribution in [2.75, 3.05) is 23.9 Å². The predicted octanol–water partition coefficient (Wildman–Crippen LogP) is 6.30. The molecule has 0 saturated heterocycles. The lowest BCUT2D eigenvalue weighted by atomic mass is 9.91. The van der Waals surface area contributed by atoms with Gasteiger partial charge < -0.3 is 10.2 Å². The number of anilines is 1. The minimum atomic E-state index is 0.0901. The quantitative estimate of drug-likeness (QED) is 0.523. The number of rotatable bonds is 7. The smallest absolute Gasteiger partial charge is 0.260 e. The van der Waals surface area contributed by atoms with Gasteiger partial charge in [-0.3, -0.25) is 4.79 Å². The van der Waals surface area contributed by atoms with E-state index in [0.717, 1.165) is 57.1 Å². The van der Waals surface area contributed by atoms with E-state index in [1.165, 1.54) is 5.57 Å². The number of carbonyl (C=O) groups is 1. The monoisotopic (exact) mass is 421 g/mol. The van der Waals surface area contributed by atoms with Crippen molar-refractivity contribution in [1.82, 2.24) is 4.90 Å². The maximum Gasteiger partial charge on any atom is 0.260 e. The molecule has 1 N–H and O–H groups in total. The normalized spacial score (nSPS) is 17.5. The zero-order valence-corrected chi connectivity index (χ0v) is 20.3. The van der Waals surface area contributed by atoms with E-state index >= 15 is 0 Å². The van der Waals surface area contributed by atoms with Gasteiger partial charge in [0.25, 0.3) is 5.91 Å². The summed E-state index contributed by atoms with van der Waals surface area (Å²) in [5.41, 5.74) is 8.14. The number of thioether (sulfide) groups is 2. The van der Waals surface area contributed by atoms with Crippen LogP contribution in [0.4, 0.5) is 5.69 Å². The first-order valence-electron chi connectivity index (χ1n) is 10.8. The first-order chi connectivity index (χ1) is 13.7. The molecule has 1 heterocycles. The molecule has 0 aromatic heterocycles. The highest BCUT2D eigenvalue weighted by molar-refractivity contribution is 8.17. The van der Waals surface area contributed by atoms with Gasteiger partial charge in [-0.2, -0.15) is 0 Å². The summed E-state index contributed by atoms with van der Waals surface area (Å²) < 4.78 is 8.31. The van der Waals surface area contributed by atoms with Gasteiger partial charge in [0.15, 0.2) is 0 Å². The molecule has 0 fully saturated rings. The molecule has 0 bridgehead atoms. The molecule has 1 amide bonds. The maximum atomic E-state index is 14.0. The second kappa shape index (κ2) is 9.62. The molecule has 3 nitrogen and oxygen atoms in total. The fraction of sp³-hybridized carbons (Fsp3) is 0.609. The van der Waals surface area contributed by atoms with Gasteiger partial charge in [-0.15, -0.1) is 23.5 Å². The average Bonchev–Trinajstić information content (AvgIpc) is 2.99. The van der Waals surface area contributed by atoms with E-state index in [1.807, 2.05) is 51.3 Å². The molecular formula is C23H36N2OS2. The summed E-state index contributed by atoms with van der Waals surface area (Å²) in [5, 5.41) is 3.27. The molecule has 0 spiro atoms. The highest BCUT2D eigenvalue weighted by Crippen LogP contribution is 2.41. The van der Waals surface area contributed by atoms with Gasteiger partial charge in [0.1, 0.15) is 0 Å². The van der Waals surface area contributed by atoms with E-state index in [2.05, 4.69) is 37.9 Å². The minimum Gasteiger partial charge on any atom is -0.387 e. The first-order valence-corrected chi connectivity index (χ1v) is 12.2. The molecule has 0 saturated carbocycles. The van der Waals surface area contributed by atoms with Crippen LogP contribution in [-0.2, 0) is 0 Å². The number of hydrogen-bond donors (Lipinski definition) is 1. The molecule has 28 heavy (non-hydrogen) atoms. The van der Waals surface area contributed by atoms with E-state index in [0.29, 0.717) is 4.58 Å². The van der Waals surface area contributed by atoms with E-state index < -0.39 is 0 Å². The highest BCUT2D eigenvalue weighted by atomic mass is 32.2. The van der Waals surface area contributed by atoms with Gasteiger partial charge in [0.05, 0.1) is 21.9 Å². The molecular weight excluding hydrogens is 384 g/mol. The van der Waals surface area contributed by atoms with E-state index in [9.17, 15) is 4.79 Å². The first kappa shape index (κ1) is 21.6. The van der Waals surface area contributed by atoms with Gasteiger partial charge in [0.2, 0.25) is 0 Å². The van der Waals surface area contributed by atoms with Gasteiger partial charge >= 0.3 is 0 Å². The lowest BCUT2D eigenvalue weighted by molar-refractivity contribution is 0.0775. The van der Waals surface area contributed by atoms with E-state index in [-0.39, 0.29) is 18.8 Å². The lowest BCUT2D eigenvalue weighted by Crippen LogP contribution is -2.41. The van der Waals surface area contributed by atoms with Gasteiger partial charge in [0, 0.05) is 14.1 Å². The van der Waals surface area contributed by atoms with E-state index in [4.69, 9.17) is 1.37 Å². The van der Waals surface area contributed by atoms with Gasteiger partial charge in [-0.1, -0.05) is 19.4 Å². The minimum absolute atomic E-state index is 0.0901. The summed E-state index contributed by atoms with van der Waals surface area (Å²) >= 11 is 3.89. The van der Waals surface area contributed by atoms with Crippen LogP contribution in [0.15, 0.2) is 11.3 Å². The number of nitrogens with zero attached hydrogens (tertiary/aromatic N) is 1. The molecule has 0 radical (unpaired) electrons. The Morgan fingerprint density at radius 1 is 1.11 bits per heavy atom. The number of carbonyl (C=O) groups excluding carboxylic acids is 1. The van der Waals surface area contributed by atoms with Crippen molar-refractivity contribution in [3.05, 3.63) is 39.1 Å². The zero-order chi connectivity index (χ0) is 21.9. The van der Waals surface area contributed by atoms with Crippen molar-refractivity contribution < 1.29 is 6.17 Å². The number of amides is 1. The topological polar surface area (TPSA) is 32.3 Å². The number of hydrogen-bond acceptors (Lipinski definition) is 4. The molecule has 5 heteroatoms. The third-order valence-corrected chi connectivity index (χ3v) is 8.72. The summed E-state index contributed by atoms with van der Waals surface area (Å²) in [6.07, 6.45) is 0.943. The van der Waals surface area contributed by atoms with Crippen molar-refractivity contribution in [2.24, 2.45) is 0 Å². The Bertz CT molecular complexity index is 801. The van der Waals surface area contributed by atoms with Gasteiger partial charge in [-0.25, -0.2) is 0 Å². The van der Waals surface area contributed by atoms with Crippen LogP contribution >= 0.6 is 23.5 Å². The Labute approximate surface area is 181 Å². The van der Waals surface area contributed by atoms with Crippen LogP contribution in [0.1, 0.15) is 68.1 Å². The average molecular weight is 422 g/mol. The van der Waals surface area contributed by atoms with Crippen LogP contribution < -0.4 is 5.32 Å². The Morgan fingerprint density at radius 3 is 2.21 bits per heavy atom. The van der Waals surface area contributed by atoms with Gasteiger partial charge in [-0.05, 0) is 81.7 Å². The molecule has 1 aromatic carbocycles. The summed E-state index contributed by atoms with van der Waals surface area (Å²) in [6.45, 7) is 15.0. The maximum absolute atomic E-state index is 14.0.